The number of nitrogens with zero attached hydrogens (tertiary/aromatic N) is 2. The number of aromatic nitrogens is 3. The minimum Gasteiger partial charge on any atom is -0.497 e. The molecule has 1 amide bonds. The molecule has 3 heterocycles. The number of nitrogens with one attached hydrogen (secondary N) is 2. The van der Waals surface area contributed by atoms with Gasteiger partial charge in [-0.25, -0.2) is 0 Å². The lowest BCUT2D eigenvalue weighted by Gasteiger charge is -2.06. The molecule has 8 heteroatoms. The molecule has 4 aromatic rings. The van der Waals surface area contributed by atoms with Crippen molar-refractivity contribution in [2.24, 2.45) is 0 Å². The molecule has 0 unspecified atom stereocenters. The van der Waals surface area contributed by atoms with Crippen molar-refractivity contribution < 1.29 is 18.7 Å². The molecule has 4 rings (SSSR count). The van der Waals surface area contributed by atoms with Gasteiger partial charge in [0.1, 0.15) is 23.9 Å². The van der Waals surface area contributed by atoms with Crippen LogP contribution in [-0.2, 0) is 6.61 Å². The van der Waals surface area contributed by atoms with Gasteiger partial charge >= 0.3 is 0 Å². The summed E-state index contributed by atoms with van der Waals surface area (Å²) in [6.07, 6.45) is 3.37. The first-order chi connectivity index (χ1) is 14.2. The fourth-order valence-corrected chi connectivity index (χ4v) is 2.67. The number of methoxy groups -OCH3 is 1. The van der Waals surface area contributed by atoms with Crippen molar-refractivity contribution in [2.45, 2.75) is 6.61 Å². The predicted octanol–water partition coefficient (Wildman–Crippen LogP) is 3.90. The second-order valence-electron chi connectivity index (χ2n) is 6.09. The van der Waals surface area contributed by atoms with E-state index in [0.717, 1.165) is 11.3 Å². The summed E-state index contributed by atoms with van der Waals surface area (Å²) in [5.74, 6) is 2.04. The lowest BCUT2D eigenvalue weighted by atomic mass is 10.2. The maximum absolute atomic E-state index is 12.4. The maximum Gasteiger partial charge on any atom is 0.292 e. The van der Waals surface area contributed by atoms with Crippen molar-refractivity contribution in [1.82, 2.24) is 15.2 Å². The van der Waals surface area contributed by atoms with Gasteiger partial charge in [0, 0.05) is 30.1 Å². The number of pyridine rings is 1. The first-order valence-corrected chi connectivity index (χ1v) is 8.84. The zero-order valence-electron chi connectivity index (χ0n) is 15.6. The second-order valence-corrected chi connectivity index (χ2v) is 6.09. The molecule has 0 aliphatic carbocycles. The standard InChI is InChI=1S/C21H18N4O4/c1-27-15-3-2-4-16(11-15)28-13-17-5-6-19(29-17)21(26)23-20-12-18(24-25-20)14-7-9-22-10-8-14/h2-12H,13H2,1H3,(H2,23,24,25,26). The van der Waals surface area contributed by atoms with Crippen LogP contribution in [0.1, 0.15) is 16.3 Å². The largest absolute Gasteiger partial charge is 0.497 e. The first-order valence-electron chi connectivity index (χ1n) is 8.84. The van der Waals surface area contributed by atoms with Gasteiger partial charge < -0.3 is 19.2 Å². The Hall–Kier alpha value is -4.07. The minimum atomic E-state index is -0.398. The number of hydrogen-bond acceptors (Lipinski definition) is 6. The van der Waals surface area contributed by atoms with Gasteiger partial charge in [0.15, 0.2) is 11.6 Å². The quantitative estimate of drug-likeness (QED) is 0.496. The molecular formula is C21H18N4O4. The highest BCUT2D eigenvalue weighted by Gasteiger charge is 2.14. The van der Waals surface area contributed by atoms with Gasteiger partial charge in [0.2, 0.25) is 0 Å². The monoisotopic (exact) mass is 390 g/mol. The molecule has 29 heavy (non-hydrogen) atoms. The molecule has 0 aliphatic rings. The van der Waals surface area contributed by atoms with Crippen molar-refractivity contribution in [2.75, 3.05) is 12.4 Å². The number of carbonyl (C=O) groups excluding carboxylic acids is 1. The summed E-state index contributed by atoms with van der Waals surface area (Å²) in [4.78, 5) is 16.4. The fraction of sp³-hybridized carbons (Fsp3) is 0.0952. The smallest absolute Gasteiger partial charge is 0.292 e. The normalized spacial score (nSPS) is 10.5. The van der Waals surface area contributed by atoms with E-state index in [2.05, 4.69) is 20.5 Å². The van der Waals surface area contributed by atoms with Crippen molar-refractivity contribution in [1.29, 1.82) is 0 Å². The number of aromatic amines is 1. The highest BCUT2D eigenvalue weighted by Crippen LogP contribution is 2.21. The van der Waals surface area contributed by atoms with Crippen LogP contribution >= 0.6 is 0 Å². The molecule has 0 saturated heterocycles. The summed E-state index contributed by atoms with van der Waals surface area (Å²) in [7, 11) is 1.59. The van der Waals surface area contributed by atoms with Crippen LogP contribution in [0.2, 0.25) is 0 Å². The van der Waals surface area contributed by atoms with E-state index in [9.17, 15) is 4.79 Å². The van der Waals surface area contributed by atoms with Crippen molar-refractivity contribution in [3.05, 3.63) is 78.5 Å². The summed E-state index contributed by atoms with van der Waals surface area (Å²) >= 11 is 0. The number of benzene rings is 1. The Morgan fingerprint density at radius 2 is 1.93 bits per heavy atom. The average molecular weight is 390 g/mol. The molecule has 146 valence electrons. The lowest BCUT2D eigenvalue weighted by molar-refractivity contribution is 0.0992. The molecule has 0 spiro atoms. The fourth-order valence-electron chi connectivity index (χ4n) is 2.67. The molecule has 3 aromatic heterocycles. The number of carbonyl (C=O) groups is 1. The topological polar surface area (TPSA) is 102 Å². The van der Waals surface area contributed by atoms with E-state index in [1.807, 2.05) is 30.3 Å². The predicted molar refractivity (Wildman–Crippen MR) is 106 cm³/mol. The van der Waals surface area contributed by atoms with E-state index in [1.165, 1.54) is 0 Å². The molecule has 0 fully saturated rings. The van der Waals surface area contributed by atoms with Crippen LogP contribution < -0.4 is 14.8 Å². The third-order valence-electron chi connectivity index (χ3n) is 4.12. The average Bonchev–Trinajstić information content (AvgIpc) is 3.43. The lowest BCUT2D eigenvalue weighted by Crippen LogP contribution is -2.11. The number of furan rings is 1. The Morgan fingerprint density at radius 1 is 1.10 bits per heavy atom. The van der Waals surface area contributed by atoms with Gasteiger partial charge in [0.05, 0.1) is 12.8 Å². The Bertz CT molecular complexity index is 1100. The molecule has 0 saturated carbocycles. The number of hydrogen-bond donors (Lipinski definition) is 2. The summed E-state index contributed by atoms with van der Waals surface area (Å²) < 4.78 is 16.4. The van der Waals surface area contributed by atoms with Gasteiger partial charge in [-0.1, -0.05) is 6.07 Å². The second kappa shape index (κ2) is 8.30. The van der Waals surface area contributed by atoms with Gasteiger partial charge in [-0.3, -0.25) is 14.9 Å². The van der Waals surface area contributed by atoms with E-state index >= 15 is 0 Å². The Kier molecular flexibility index (Phi) is 5.24. The molecule has 0 radical (unpaired) electrons. The number of H-pyrrole nitrogens is 1. The van der Waals surface area contributed by atoms with Crippen LogP contribution in [0.25, 0.3) is 11.3 Å². The molecule has 2 N–H and O–H groups in total. The minimum absolute atomic E-state index is 0.169. The number of amides is 1. The van der Waals surface area contributed by atoms with Gasteiger partial charge in [0.25, 0.3) is 5.91 Å². The van der Waals surface area contributed by atoms with Crippen LogP contribution in [0.4, 0.5) is 5.82 Å². The van der Waals surface area contributed by atoms with Gasteiger partial charge in [-0.2, -0.15) is 5.10 Å². The van der Waals surface area contributed by atoms with E-state index in [4.69, 9.17) is 13.9 Å². The van der Waals surface area contributed by atoms with Crippen molar-refractivity contribution in [3.8, 4) is 22.8 Å². The van der Waals surface area contributed by atoms with Crippen LogP contribution in [0.3, 0.4) is 0 Å². The van der Waals surface area contributed by atoms with Crippen LogP contribution in [0.15, 0.2) is 71.4 Å². The SMILES string of the molecule is COc1cccc(OCc2ccc(C(=O)Nc3cc(-c4ccncc4)[nH]n3)o2)c1. The van der Waals surface area contributed by atoms with Crippen molar-refractivity contribution >= 4 is 11.7 Å². The van der Waals surface area contributed by atoms with E-state index in [0.29, 0.717) is 23.1 Å². The highest BCUT2D eigenvalue weighted by atomic mass is 16.5. The van der Waals surface area contributed by atoms with Crippen LogP contribution in [0.5, 0.6) is 11.5 Å². The third kappa shape index (κ3) is 4.44. The molecule has 0 bridgehead atoms. The van der Waals surface area contributed by atoms with Gasteiger partial charge in [-0.05, 0) is 36.4 Å². The zero-order chi connectivity index (χ0) is 20.1. The molecular weight excluding hydrogens is 372 g/mol. The first kappa shape index (κ1) is 18.3. The highest BCUT2D eigenvalue weighted by molar-refractivity contribution is 6.01. The van der Waals surface area contributed by atoms with E-state index in [1.54, 1.807) is 43.8 Å². The van der Waals surface area contributed by atoms with Crippen LogP contribution in [-0.4, -0.2) is 28.2 Å². The molecule has 0 aliphatic heterocycles. The Labute approximate surface area is 166 Å². The molecule has 8 nitrogen and oxygen atoms in total. The third-order valence-corrected chi connectivity index (χ3v) is 4.12. The number of anilines is 1. The van der Waals surface area contributed by atoms with Gasteiger partial charge in [-0.15, -0.1) is 0 Å². The Balaban J connectivity index is 1.36. The summed E-state index contributed by atoms with van der Waals surface area (Å²) in [5, 5.41) is 9.68. The Morgan fingerprint density at radius 3 is 2.76 bits per heavy atom. The number of rotatable bonds is 7. The maximum atomic E-state index is 12.4. The van der Waals surface area contributed by atoms with E-state index in [-0.39, 0.29) is 12.4 Å². The summed E-state index contributed by atoms with van der Waals surface area (Å²) in [5.41, 5.74) is 1.69. The van der Waals surface area contributed by atoms with Crippen LogP contribution in [0, 0.1) is 0 Å². The molecule has 1 aromatic carbocycles. The van der Waals surface area contributed by atoms with E-state index < -0.39 is 5.91 Å². The number of ether oxygens (including phenoxy) is 2. The van der Waals surface area contributed by atoms with Crippen molar-refractivity contribution in [3.63, 3.8) is 0 Å². The molecule has 0 atom stereocenters. The summed E-state index contributed by atoms with van der Waals surface area (Å²) in [6, 6.07) is 16.0. The summed E-state index contributed by atoms with van der Waals surface area (Å²) in [6.45, 7) is 0.190. The zero-order valence-corrected chi connectivity index (χ0v) is 15.6.